The first-order chi connectivity index (χ1) is 9.97. The second-order valence-electron chi connectivity index (χ2n) is 4.49. The van der Waals surface area contributed by atoms with E-state index in [4.69, 9.17) is 0 Å². The standard InChI is InChI=1S/C15H8BrF3OS/c16-9-3-4-10(18)13(14(9)19)15(20)12-5-7-1-2-8(17)6-11(7)21-12/h1-6,15,20H. The van der Waals surface area contributed by atoms with Gasteiger partial charge in [0, 0.05) is 9.58 Å². The van der Waals surface area contributed by atoms with Crippen molar-refractivity contribution in [1.29, 1.82) is 0 Å². The lowest BCUT2D eigenvalue weighted by Gasteiger charge is -2.12. The molecule has 0 radical (unpaired) electrons. The largest absolute Gasteiger partial charge is 0.383 e. The highest BCUT2D eigenvalue weighted by Crippen LogP contribution is 2.36. The molecule has 1 atom stereocenters. The molecule has 21 heavy (non-hydrogen) atoms. The summed E-state index contributed by atoms with van der Waals surface area (Å²) < 4.78 is 41.7. The lowest BCUT2D eigenvalue weighted by atomic mass is 10.1. The second-order valence-corrected chi connectivity index (χ2v) is 6.46. The summed E-state index contributed by atoms with van der Waals surface area (Å²) in [5.41, 5.74) is -0.420. The first kappa shape index (κ1) is 14.6. The number of hydrogen-bond donors (Lipinski definition) is 1. The maximum absolute atomic E-state index is 14.0. The van der Waals surface area contributed by atoms with Crippen LogP contribution in [-0.4, -0.2) is 5.11 Å². The molecule has 1 aromatic heterocycles. The number of fused-ring (bicyclic) bond motifs is 1. The molecular weight excluding hydrogens is 365 g/mol. The Morgan fingerprint density at radius 3 is 2.57 bits per heavy atom. The van der Waals surface area contributed by atoms with Gasteiger partial charge in [0.05, 0.1) is 10.0 Å². The van der Waals surface area contributed by atoms with Crippen molar-refractivity contribution in [3.05, 3.63) is 68.8 Å². The molecule has 1 heterocycles. The first-order valence-electron chi connectivity index (χ1n) is 5.98. The predicted octanol–water partition coefficient (Wildman–Crippen LogP) is 5.16. The molecule has 1 nitrogen and oxygen atoms in total. The lowest BCUT2D eigenvalue weighted by molar-refractivity contribution is 0.212. The normalized spacial score (nSPS) is 12.8. The molecular formula is C15H8BrF3OS. The minimum Gasteiger partial charge on any atom is -0.383 e. The van der Waals surface area contributed by atoms with Gasteiger partial charge < -0.3 is 5.11 Å². The molecule has 0 saturated carbocycles. The Balaban J connectivity index is 2.12. The van der Waals surface area contributed by atoms with Gasteiger partial charge in [-0.25, -0.2) is 13.2 Å². The highest BCUT2D eigenvalue weighted by molar-refractivity contribution is 9.10. The summed E-state index contributed by atoms with van der Waals surface area (Å²) in [6.07, 6.45) is -1.44. The van der Waals surface area contributed by atoms with Gasteiger partial charge in [0.2, 0.25) is 0 Å². The average Bonchev–Trinajstić information content (AvgIpc) is 2.86. The highest BCUT2D eigenvalue weighted by atomic mass is 79.9. The molecule has 0 saturated heterocycles. The van der Waals surface area contributed by atoms with Crippen LogP contribution in [0.2, 0.25) is 0 Å². The lowest BCUT2D eigenvalue weighted by Crippen LogP contribution is -2.04. The molecule has 3 aromatic rings. The van der Waals surface area contributed by atoms with Crippen LogP contribution in [0.5, 0.6) is 0 Å². The Bertz CT molecular complexity index is 831. The maximum atomic E-state index is 14.0. The van der Waals surface area contributed by atoms with E-state index in [1.807, 2.05) is 0 Å². The molecule has 1 N–H and O–H groups in total. The molecule has 2 aromatic carbocycles. The molecule has 0 aliphatic rings. The fraction of sp³-hybridized carbons (Fsp3) is 0.0667. The minimum absolute atomic E-state index is 0.0742. The molecule has 0 fully saturated rings. The first-order valence-corrected chi connectivity index (χ1v) is 7.59. The molecule has 108 valence electrons. The summed E-state index contributed by atoms with van der Waals surface area (Å²) in [6.45, 7) is 0. The van der Waals surface area contributed by atoms with Gasteiger partial charge in [-0.1, -0.05) is 6.07 Å². The fourth-order valence-electron chi connectivity index (χ4n) is 2.10. The quantitative estimate of drug-likeness (QED) is 0.615. The summed E-state index contributed by atoms with van der Waals surface area (Å²) in [6, 6.07) is 8.10. The Labute approximate surface area is 130 Å². The SMILES string of the molecule is OC(c1cc2ccc(F)cc2s1)c1c(F)ccc(Br)c1F. The smallest absolute Gasteiger partial charge is 0.146 e. The van der Waals surface area contributed by atoms with E-state index in [2.05, 4.69) is 15.9 Å². The van der Waals surface area contributed by atoms with Crippen molar-refractivity contribution < 1.29 is 18.3 Å². The van der Waals surface area contributed by atoms with Crippen molar-refractivity contribution in [3.63, 3.8) is 0 Å². The Hall–Kier alpha value is -1.37. The van der Waals surface area contributed by atoms with E-state index < -0.39 is 29.1 Å². The van der Waals surface area contributed by atoms with Gasteiger partial charge in [0.1, 0.15) is 23.6 Å². The van der Waals surface area contributed by atoms with Gasteiger partial charge >= 0.3 is 0 Å². The van der Waals surface area contributed by atoms with Crippen molar-refractivity contribution in [2.45, 2.75) is 6.10 Å². The Morgan fingerprint density at radius 2 is 1.81 bits per heavy atom. The molecule has 3 rings (SSSR count). The third kappa shape index (κ3) is 2.59. The van der Waals surface area contributed by atoms with Crippen molar-refractivity contribution in [2.75, 3.05) is 0 Å². The van der Waals surface area contributed by atoms with E-state index in [1.165, 1.54) is 18.2 Å². The van der Waals surface area contributed by atoms with Crippen molar-refractivity contribution >= 4 is 37.4 Å². The van der Waals surface area contributed by atoms with Crippen LogP contribution < -0.4 is 0 Å². The van der Waals surface area contributed by atoms with Gasteiger partial charge in [-0.3, -0.25) is 0 Å². The monoisotopic (exact) mass is 372 g/mol. The van der Waals surface area contributed by atoms with Gasteiger partial charge in [0.25, 0.3) is 0 Å². The predicted molar refractivity (Wildman–Crippen MR) is 79.9 cm³/mol. The van der Waals surface area contributed by atoms with E-state index in [0.29, 0.717) is 15.0 Å². The van der Waals surface area contributed by atoms with Crippen molar-refractivity contribution in [3.8, 4) is 0 Å². The number of benzene rings is 2. The molecule has 6 heteroatoms. The number of aliphatic hydroxyl groups is 1. The van der Waals surface area contributed by atoms with Crippen LogP contribution in [0.15, 0.2) is 40.9 Å². The Morgan fingerprint density at radius 1 is 1.05 bits per heavy atom. The minimum atomic E-state index is -1.44. The zero-order valence-electron chi connectivity index (χ0n) is 10.4. The van der Waals surface area contributed by atoms with Crippen LogP contribution in [-0.2, 0) is 0 Å². The van der Waals surface area contributed by atoms with Crippen LogP contribution in [0.25, 0.3) is 10.1 Å². The third-order valence-electron chi connectivity index (χ3n) is 3.12. The summed E-state index contributed by atoms with van der Waals surface area (Å²) >= 11 is 4.07. The average molecular weight is 373 g/mol. The number of halogens is 4. The summed E-state index contributed by atoms with van der Waals surface area (Å²) in [5, 5.41) is 11.0. The molecule has 0 spiro atoms. The van der Waals surface area contributed by atoms with E-state index in [0.717, 1.165) is 17.4 Å². The number of aliphatic hydroxyl groups excluding tert-OH is 1. The molecule has 0 bridgehead atoms. The third-order valence-corrected chi connectivity index (χ3v) is 4.89. The Kier molecular flexibility index (Phi) is 3.77. The fourth-order valence-corrected chi connectivity index (χ4v) is 3.53. The van der Waals surface area contributed by atoms with Gasteiger partial charge in [-0.15, -0.1) is 11.3 Å². The van der Waals surface area contributed by atoms with E-state index >= 15 is 0 Å². The van der Waals surface area contributed by atoms with Crippen molar-refractivity contribution in [2.24, 2.45) is 0 Å². The number of hydrogen-bond acceptors (Lipinski definition) is 2. The molecule has 0 aliphatic carbocycles. The van der Waals surface area contributed by atoms with Crippen LogP contribution in [0.1, 0.15) is 16.5 Å². The van der Waals surface area contributed by atoms with E-state index in [9.17, 15) is 18.3 Å². The molecule has 0 amide bonds. The van der Waals surface area contributed by atoms with Crippen LogP contribution >= 0.6 is 27.3 Å². The molecule has 0 aliphatic heterocycles. The van der Waals surface area contributed by atoms with Crippen LogP contribution in [0.3, 0.4) is 0 Å². The second kappa shape index (κ2) is 5.44. The van der Waals surface area contributed by atoms with E-state index in [-0.39, 0.29) is 4.47 Å². The van der Waals surface area contributed by atoms with Gasteiger partial charge in [0.15, 0.2) is 0 Å². The van der Waals surface area contributed by atoms with Gasteiger partial charge in [-0.2, -0.15) is 0 Å². The molecule has 1 unspecified atom stereocenters. The summed E-state index contributed by atoms with van der Waals surface area (Å²) in [4.78, 5) is 0.353. The number of rotatable bonds is 2. The number of thiophene rings is 1. The topological polar surface area (TPSA) is 20.2 Å². The van der Waals surface area contributed by atoms with Crippen LogP contribution in [0.4, 0.5) is 13.2 Å². The summed E-state index contributed by atoms with van der Waals surface area (Å²) in [7, 11) is 0. The van der Waals surface area contributed by atoms with E-state index in [1.54, 1.807) is 12.1 Å². The van der Waals surface area contributed by atoms with Crippen molar-refractivity contribution in [1.82, 2.24) is 0 Å². The van der Waals surface area contributed by atoms with Gasteiger partial charge in [-0.05, 0) is 51.6 Å². The highest BCUT2D eigenvalue weighted by Gasteiger charge is 2.23. The van der Waals surface area contributed by atoms with Crippen LogP contribution in [0, 0.1) is 17.5 Å². The summed E-state index contributed by atoms with van der Waals surface area (Å²) in [5.74, 6) is -2.07. The zero-order valence-corrected chi connectivity index (χ0v) is 12.8. The zero-order chi connectivity index (χ0) is 15.1. The maximum Gasteiger partial charge on any atom is 0.146 e.